The molecule has 6 heteroatoms. The number of hydrogen-bond acceptors (Lipinski definition) is 4. The normalized spacial score (nSPS) is 17.2. The fourth-order valence-electron chi connectivity index (χ4n) is 2.23. The van der Waals surface area contributed by atoms with Crippen molar-refractivity contribution in [1.29, 1.82) is 5.26 Å². The number of nitrogens with two attached hydrogens (primary N) is 1. The Morgan fingerprint density at radius 1 is 1.50 bits per heavy atom. The van der Waals surface area contributed by atoms with E-state index in [-0.39, 0.29) is 12.5 Å². The molecule has 0 unspecified atom stereocenters. The summed E-state index contributed by atoms with van der Waals surface area (Å²) in [4.78, 5) is 12.5. The molecular formula is C14H16ClN3O2. The van der Waals surface area contributed by atoms with Crippen LogP contribution in [-0.2, 0) is 9.53 Å². The smallest absolute Gasteiger partial charge is 0.232 e. The Balaban J connectivity index is 2.20. The van der Waals surface area contributed by atoms with E-state index in [1.807, 2.05) is 6.07 Å². The minimum atomic E-state index is -0.621. The lowest BCUT2D eigenvalue weighted by Gasteiger charge is -2.34. The second kappa shape index (κ2) is 6.23. The van der Waals surface area contributed by atoms with Crippen LogP contribution in [0.2, 0.25) is 5.02 Å². The van der Waals surface area contributed by atoms with Crippen molar-refractivity contribution >= 4 is 23.2 Å². The maximum absolute atomic E-state index is 12.5. The summed E-state index contributed by atoms with van der Waals surface area (Å²) in [5.74, 6) is -0.166. The summed E-state index contributed by atoms with van der Waals surface area (Å²) >= 11 is 6.04. The quantitative estimate of drug-likeness (QED) is 0.891. The highest BCUT2D eigenvalue weighted by molar-refractivity contribution is 6.33. The van der Waals surface area contributed by atoms with Gasteiger partial charge in [0.1, 0.15) is 0 Å². The Bertz CT molecular complexity index is 548. The maximum Gasteiger partial charge on any atom is 0.232 e. The molecule has 3 N–H and O–H groups in total. The molecule has 1 fully saturated rings. The van der Waals surface area contributed by atoms with Crippen LogP contribution in [0.15, 0.2) is 18.2 Å². The highest BCUT2D eigenvalue weighted by Crippen LogP contribution is 2.32. The summed E-state index contributed by atoms with van der Waals surface area (Å²) < 4.78 is 5.28. The third-order valence-electron chi connectivity index (χ3n) is 3.67. The van der Waals surface area contributed by atoms with E-state index in [1.54, 1.807) is 18.2 Å². The van der Waals surface area contributed by atoms with E-state index in [0.29, 0.717) is 42.3 Å². The monoisotopic (exact) mass is 293 g/mol. The Morgan fingerprint density at radius 3 is 2.80 bits per heavy atom. The van der Waals surface area contributed by atoms with Gasteiger partial charge < -0.3 is 15.8 Å². The lowest BCUT2D eigenvalue weighted by Crippen LogP contribution is -2.46. The predicted octanol–water partition coefficient (Wildman–Crippen LogP) is 1.91. The van der Waals surface area contributed by atoms with Crippen LogP contribution in [0.5, 0.6) is 0 Å². The van der Waals surface area contributed by atoms with Gasteiger partial charge in [-0.25, -0.2) is 0 Å². The van der Waals surface area contributed by atoms with Crippen LogP contribution in [-0.4, -0.2) is 25.7 Å². The van der Waals surface area contributed by atoms with Gasteiger partial charge in [0.2, 0.25) is 5.91 Å². The van der Waals surface area contributed by atoms with Crippen LogP contribution in [0, 0.1) is 16.7 Å². The number of nitrogens with zero attached hydrogens (tertiary/aromatic N) is 1. The van der Waals surface area contributed by atoms with Gasteiger partial charge in [-0.3, -0.25) is 4.79 Å². The summed E-state index contributed by atoms with van der Waals surface area (Å²) in [5, 5.41) is 12.1. The molecule has 0 aromatic heterocycles. The van der Waals surface area contributed by atoms with Crippen molar-refractivity contribution in [2.45, 2.75) is 12.8 Å². The molecule has 2 rings (SSSR count). The average Bonchev–Trinajstić information content (AvgIpc) is 2.50. The van der Waals surface area contributed by atoms with E-state index < -0.39 is 5.41 Å². The zero-order valence-corrected chi connectivity index (χ0v) is 11.7. The van der Waals surface area contributed by atoms with Crippen LogP contribution in [0.4, 0.5) is 5.69 Å². The van der Waals surface area contributed by atoms with Gasteiger partial charge in [0.15, 0.2) is 0 Å². The van der Waals surface area contributed by atoms with Crippen LogP contribution in [0.3, 0.4) is 0 Å². The SMILES string of the molecule is N#Cc1ccc(Cl)c(NC(=O)C2(CN)CCOCC2)c1. The zero-order valence-electron chi connectivity index (χ0n) is 11.0. The van der Waals surface area contributed by atoms with Crippen molar-refractivity contribution in [3.8, 4) is 6.07 Å². The van der Waals surface area contributed by atoms with E-state index in [4.69, 9.17) is 27.3 Å². The van der Waals surface area contributed by atoms with Gasteiger partial charge in [-0.15, -0.1) is 0 Å². The fraction of sp³-hybridized carbons (Fsp3) is 0.429. The molecule has 1 amide bonds. The molecule has 1 aromatic rings. The first-order valence-corrected chi connectivity index (χ1v) is 6.78. The summed E-state index contributed by atoms with van der Waals surface area (Å²) in [6.45, 7) is 1.31. The Kier molecular flexibility index (Phi) is 4.61. The number of amides is 1. The molecule has 1 aliphatic heterocycles. The van der Waals surface area contributed by atoms with Gasteiger partial charge in [0, 0.05) is 19.8 Å². The minimum Gasteiger partial charge on any atom is -0.381 e. The van der Waals surface area contributed by atoms with Crippen molar-refractivity contribution in [3.63, 3.8) is 0 Å². The van der Waals surface area contributed by atoms with E-state index in [9.17, 15) is 4.79 Å². The number of rotatable bonds is 3. The summed E-state index contributed by atoms with van der Waals surface area (Å²) in [6, 6.07) is 6.77. The van der Waals surface area contributed by atoms with Crippen molar-refractivity contribution in [3.05, 3.63) is 28.8 Å². The number of carbonyl (C=O) groups excluding carboxylic acids is 1. The van der Waals surface area contributed by atoms with Gasteiger partial charge in [-0.1, -0.05) is 11.6 Å². The highest BCUT2D eigenvalue weighted by atomic mass is 35.5. The second-order valence-electron chi connectivity index (χ2n) is 4.86. The van der Waals surface area contributed by atoms with Gasteiger partial charge in [-0.2, -0.15) is 5.26 Å². The highest BCUT2D eigenvalue weighted by Gasteiger charge is 2.39. The standard InChI is InChI=1S/C14H16ClN3O2/c15-11-2-1-10(8-16)7-12(11)18-13(19)14(9-17)3-5-20-6-4-14/h1-2,7H,3-6,9,17H2,(H,18,19). The lowest BCUT2D eigenvalue weighted by atomic mass is 9.79. The number of halogens is 1. The molecule has 0 aliphatic carbocycles. The molecule has 0 saturated carbocycles. The van der Waals surface area contributed by atoms with Crippen molar-refractivity contribution in [2.75, 3.05) is 25.1 Å². The number of benzene rings is 1. The third kappa shape index (κ3) is 2.93. The van der Waals surface area contributed by atoms with Crippen LogP contribution in [0.25, 0.3) is 0 Å². The summed E-state index contributed by atoms with van der Waals surface area (Å²) in [6.07, 6.45) is 1.18. The number of ether oxygens (including phenoxy) is 1. The van der Waals surface area contributed by atoms with Gasteiger partial charge in [0.25, 0.3) is 0 Å². The van der Waals surface area contributed by atoms with Crippen molar-refractivity contribution < 1.29 is 9.53 Å². The molecule has 106 valence electrons. The predicted molar refractivity (Wildman–Crippen MR) is 76.3 cm³/mol. The number of carbonyl (C=O) groups is 1. The molecule has 1 heterocycles. The average molecular weight is 294 g/mol. The van der Waals surface area contributed by atoms with Gasteiger partial charge in [0.05, 0.1) is 27.8 Å². The molecule has 5 nitrogen and oxygen atoms in total. The maximum atomic E-state index is 12.5. The van der Waals surface area contributed by atoms with Gasteiger partial charge >= 0.3 is 0 Å². The molecule has 0 atom stereocenters. The van der Waals surface area contributed by atoms with E-state index in [1.165, 1.54) is 0 Å². The van der Waals surface area contributed by atoms with E-state index in [2.05, 4.69) is 5.32 Å². The number of anilines is 1. The number of hydrogen-bond donors (Lipinski definition) is 2. The summed E-state index contributed by atoms with van der Waals surface area (Å²) in [7, 11) is 0. The molecule has 0 radical (unpaired) electrons. The van der Waals surface area contributed by atoms with Gasteiger partial charge in [-0.05, 0) is 31.0 Å². The van der Waals surface area contributed by atoms with Crippen molar-refractivity contribution in [1.82, 2.24) is 0 Å². The Morgan fingerprint density at radius 2 is 2.20 bits per heavy atom. The topological polar surface area (TPSA) is 88.1 Å². The van der Waals surface area contributed by atoms with Crippen LogP contribution >= 0.6 is 11.6 Å². The molecule has 20 heavy (non-hydrogen) atoms. The minimum absolute atomic E-state index is 0.166. The Hall–Kier alpha value is -1.61. The molecule has 1 aliphatic rings. The molecule has 0 spiro atoms. The molecular weight excluding hydrogens is 278 g/mol. The van der Waals surface area contributed by atoms with Crippen molar-refractivity contribution in [2.24, 2.45) is 11.1 Å². The lowest BCUT2D eigenvalue weighted by molar-refractivity contribution is -0.130. The van der Waals surface area contributed by atoms with Crippen LogP contribution in [0.1, 0.15) is 18.4 Å². The Labute approximate surface area is 122 Å². The zero-order chi connectivity index (χ0) is 14.6. The van der Waals surface area contributed by atoms with E-state index >= 15 is 0 Å². The third-order valence-corrected chi connectivity index (χ3v) is 4.00. The fourth-order valence-corrected chi connectivity index (χ4v) is 2.40. The first-order chi connectivity index (χ1) is 9.61. The number of nitrogens with one attached hydrogen (secondary N) is 1. The first-order valence-electron chi connectivity index (χ1n) is 6.40. The second-order valence-corrected chi connectivity index (χ2v) is 5.26. The number of nitriles is 1. The summed E-state index contributed by atoms with van der Waals surface area (Å²) in [5.41, 5.74) is 6.05. The largest absolute Gasteiger partial charge is 0.381 e. The molecule has 1 saturated heterocycles. The molecule has 0 bridgehead atoms. The van der Waals surface area contributed by atoms with Crippen LogP contribution < -0.4 is 11.1 Å². The first kappa shape index (κ1) is 14.8. The van der Waals surface area contributed by atoms with E-state index in [0.717, 1.165) is 0 Å². The molecule has 1 aromatic carbocycles.